The molecule has 78 heavy (non-hydrogen) atoms. The lowest BCUT2D eigenvalue weighted by atomic mass is 9.91. The van der Waals surface area contributed by atoms with Crippen molar-refractivity contribution in [1.29, 1.82) is 0 Å². The third-order valence-corrected chi connectivity index (χ3v) is 11.0. The molecule has 0 unspecified atom stereocenters. The highest BCUT2D eigenvalue weighted by Crippen LogP contribution is 2.33. The zero-order valence-electron chi connectivity index (χ0n) is 44.6. The van der Waals surface area contributed by atoms with Crippen LogP contribution in [-0.2, 0) is 105 Å². The van der Waals surface area contributed by atoms with E-state index in [0.717, 1.165) is 55.4 Å². The van der Waals surface area contributed by atoms with Crippen LogP contribution in [0.2, 0.25) is 0 Å². The molecule has 4 rings (SSSR count). The van der Waals surface area contributed by atoms with Gasteiger partial charge in [-0.25, -0.2) is 0 Å². The molecule has 24 nitrogen and oxygen atoms in total. The summed E-state index contributed by atoms with van der Waals surface area (Å²) in [5, 5.41) is 0. The van der Waals surface area contributed by atoms with Gasteiger partial charge in [0.05, 0.1) is 26.4 Å². The molecule has 2 aromatic carbocycles. The molecule has 2 saturated heterocycles. The average Bonchev–Trinajstić information content (AvgIpc) is 3.45. The number of hydrogen-bond donors (Lipinski definition) is 0. The zero-order valence-corrected chi connectivity index (χ0v) is 44.6. The first-order chi connectivity index (χ1) is 37.1. The van der Waals surface area contributed by atoms with Gasteiger partial charge in [0.15, 0.2) is 48.2 Å². The van der Waals surface area contributed by atoms with E-state index in [1.54, 1.807) is 60.7 Å². The molecule has 0 aliphatic carbocycles. The maximum absolute atomic E-state index is 13.2. The number of benzene rings is 2. The van der Waals surface area contributed by atoms with Crippen molar-refractivity contribution in [2.45, 2.75) is 129 Å². The predicted octanol–water partition coefficient (Wildman–Crippen LogP) is 3.37. The van der Waals surface area contributed by atoms with E-state index in [4.69, 9.17) is 66.3 Å². The number of carbonyl (C=O) groups excluding carboxylic acids is 10. The van der Waals surface area contributed by atoms with Crippen molar-refractivity contribution in [3.63, 3.8) is 0 Å². The maximum atomic E-state index is 13.2. The SMILES string of the molecule is CC(=O)OC[C@H]1O[C@@H](CC(=O)/C=C/c2ccc(OCCOCCOCCOc3ccc(/C=C/C(=O)C[C@@H]4O[C@H](COC(C)=O)[C@@H](OC(C)=O)[C@H](OC(C)=O)[C@H]4OC(C)=O)cc3)cc2)[C@H](OC(C)=O)[C@@H](OC(C)=O)[C@@H]1OC(C)=O. The third kappa shape index (κ3) is 22.6. The molecule has 2 aromatic rings. The average molecular weight is 1100 g/mol. The van der Waals surface area contributed by atoms with Gasteiger partial charge in [-0.3, -0.25) is 47.9 Å². The van der Waals surface area contributed by atoms with Crippen LogP contribution in [-0.4, -0.2) is 173 Å². The fourth-order valence-corrected chi connectivity index (χ4v) is 7.98. The van der Waals surface area contributed by atoms with Crippen LogP contribution in [0.4, 0.5) is 0 Å². The topological polar surface area (TPSA) is 300 Å². The molecule has 2 fully saturated rings. The molecule has 0 spiro atoms. The van der Waals surface area contributed by atoms with Crippen molar-refractivity contribution in [3.05, 3.63) is 71.8 Å². The highest BCUT2D eigenvalue weighted by Gasteiger charge is 2.53. The van der Waals surface area contributed by atoms with Crippen LogP contribution < -0.4 is 9.47 Å². The molecule has 10 atom stereocenters. The Bertz CT molecular complexity index is 2260. The number of ketones is 2. The lowest BCUT2D eigenvalue weighted by molar-refractivity contribution is -0.252. The van der Waals surface area contributed by atoms with Crippen molar-refractivity contribution in [2.75, 3.05) is 52.9 Å². The lowest BCUT2D eigenvalue weighted by Crippen LogP contribution is -2.62. The summed E-state index contributed by atoms with van der Waals surface area (Å²) in [7, 11) is 0. The number of carbonyl (C=O) groups is 10. The summed E-state index contributed by atoms with van der Waals surface area (Å²) in [6, 6.07) is 13.7. The number of rotatable bonds is 29. The predicted molar refractivity (Wildman–Crippen MR) is 267 cm³/mol. The van der Waals surface area contributed by atoms with E-state index < -0.39 is 134 Å². The molecule has 2 heterocycles. The van der Waals surface area contributed by atoms with Crippen LogP contribution in [0.3, 0.4) is 0 Å². The van der Waals surface area contributed by atoms with Crippen molar-refractivity contribution < 1.29 is 114 Å². The van der Waals surface area contributed by atoms with E-state index in [2.05, 4.69) is 0 Å². The summed E-state index contributed by atoms with van der Waals surface area (Å²) in [5.41, 5.74) is 1.31. The minimum absolute atomic E-state index is 0.245. The molecule has 0 radical (unpaired) electrons. The van der Waals surface area contributed by atoms with Gasteiger partial charge in [-0.15, -0.1) is 0 Å². The van der Waals surface area contributed by atoms with Gasteiger partial charge in [0.25, 0.3) is 0 Å². The summed E-state index contributed by atoms with van der Waals surface area (Å²) >= 11 is 0. The van der Waals surface area contributed by atoms with Crippen LogP contribution in [0.15, 0.2) is 60.7 Å². The van der Waals surface area contributed by atoms with Crippen LogP contribution in [0, 0.1) is 0 Å². The van der Waals surface area contributed by atoms with E-state index >= 15 is 0 Å². The Labute approximate surface area is 450 Å². The lowest BCUT2D eigenvalue weighted by Gasteiger charge is -2.44. The Hall–Kier alpha value is -7.54. The van der Waals surface area contributed by atoms with E-state index in [0.29, 0.717) is 35.8 Å². The Kier molecular flexibility index (Phi) is 26.1. The van der Waals surface area contributed by atoms with E-state index in [1.807, 2.05) is 0 Å². The molecule has 2 aliphatic heterocycles. The highest BCUT2D eigenvalue weighted by molar-refractivity contribution is 5.94. The van der Waals surface area contributed by atoms with Gasteiger partial charge < -0.3 is 66.3 Å². The van der Waals surface area contributed by atoms with Crippen LogP contribution in [0.25, 0.3) is 12.2 Å². The second-order valence-corrected chi connectivity index (χ2v) is 17.5. The van der Waals surface area contributed by atoms with Gasteiger partial charge >= 0.3 is 47.8 Å². The normalized spacial score (nSPS) is 22.8. The van der Waals surface area contributed by atoms with E-state index in [9.17, 15) is 47.9 Å². The number of ether oxygens (including phenoxy) is 14. The fraction of sp³-hybridized carbons (Fsp3) is 0.519. The molecule has 0 N–H and O–H groups in total. The number of allylic oxidation sites excluding steroid dienone is 2. The Morgan fingerprint density at radius 2 is 0.654 bits per heavy atom. The molecule has 24 heteroatoms. The van der Waals surface area contributed by atoms with Gasteiger partial charge in [-0.2, -0.15) is 0 Å². The van der Waals surface area contributed by atoms with Crippen molar-refractivity contribution >= 4 is 71.5 Å². The first-order valence-electron chi connectivity index (χ1n) is 24.7. The molecule has 0 saturated carbocycles. The monoisotopic (exact) mass is 1100 g/mol. The molecule has 0 aromatic heterocycles. The minimum atomic E-state index is -1.38. The largest absolute Gasteiger partial charge is 0.491 e. The number of esters is 8. The standard InChI is InChI=1S/C54H66O24/c1-31(55)69-29-47-51(73-35(5)59)53(75-37(7)61)49(71-33(3)57)45(77-47)27-41(63)15-9-39-11-17-43(18-12-39)67-25-23-65-21-22-66-24-26-68-44-19-13-40(14-20-44)10-16-42(64)28-46-50(72-34(4)58)54(76-38(8)62)52(74-36(6)60)48(78-46)30-70-32(2)56/h9-20,45-54H,21-30H2,1-8H3/b15-9+,16-10+/t45-,46-,47+,48+,49-,50-,51+,52+,53+,54+/m0/s1. The van der Waals surface area contributed by atoms with Crippen molar-refractivity contribution in [1.82, 2.24) is 0 Å². The van der Waals surface area contributed by atoms with E-state index in [1.165, 1.54) is 12.2 Å². The second-order valence-electron chi connectivity index (χ2n) is 17.5. The Balaban J connectivity index is 1.16. The quantitative estimate of drug-likeness (QED) is 0.0488. The number of hydrogen-bond acceptors (Lipinski definition) is 24. The Morgan fingerprint density at radius 3 is 0.949 bits per heavy atom. The first kappa shape index (κ1) is 63.0. The molecular formula is C54H66O24. The summed E-state index contributed by atoms with van der Waals surface area (Å²) in [6.07, 6.45) is -7.80. The van der Waals surface area contributed by atoms with Gasteiger partial charge in [0.1, 0.15) is 62.3 Å². The second kappa shape index (κ2) is 32.3. The maximum Gasteiger partial charge on any atom is 0.303 e. The first-order valence-corrected chi connectivity index (χ1v) is 24.7. The van der Waals surface area contributed by atoms with Crippen LogP contribution >= 0.6 is 0 Å². The Morgan fingerprint density at radius 1 is 0.372 bits per heavy atom. The molecule has 426 valence electrons. The van der Waals surface area contributed by atoms with Gasteiger partial charge in [-0.05, 0) is 47.5 Å². The highest BCUT2D eigenvalue weighted by atomic mass is 16.7. The van der Waals surface area contributed by atoms with Gasteiger partial charge in [-0.1, -0.05) is 36.4 Å². The summed E-state index contributed by atoms with van der Waals surface area (Å²) in [6.45, 7) is 9.81. The minimum Gasteiger partial charge on any atom is -0.491 e. The fourth-order valence-electron chi connectivity index (χ4n) is 7.98. The molecule has 0 amide bonds. The molecule has 0 bridgehead atoms. The van der Waals surface area contributed by atoms with Crippen LogP contribution in [0.5, 0.6) is 11.5 Å². The molecule has 2 aliphatic rings. The van der Waals surface area contributed by atoms with Crippen molar-refractivity contribution in [2.24, 2.45) is 0 Å². The molecular weight excluding hydrogens is 1030 g/mol. The van der Waals surface area contributed by atoms with Gasteiger partial charge in [0.2, 0.25) is 0 Å². The van der Waals surface area contributed by atoms with E-state index in [-0.39, 0.29) is 39.3 Å². The summed E-state index contributed by atoms with van der Waals surface area (Å²) in [5.74, 6) is -5.77. The summed E-state index contributed by atoms with van der Waals surface area (Å²) < 4.78 is 77.4. The third-order valence-electron chi connectivity index (χ3n) is 11.0. The van der Waals surface area contributed by atoms with Crippen LogP contribution in [0.1, 0.15) is 79.4 Å². The van der Waals surface area contributed by atoms with Gasteiger partial charge in [0, 0.05) is 68.2 Å². The smallest absolute Gasteiger partial charge is 0.303 e. The summed E-state index contributed by atoms with van der Waals surface area (Å²) in [4.78, 5) is 122. The zero-order chi connectivity index (χ0) is 57.3. The van der Waals surface area contributed by atoms with Crippen molar-refractivity contribution in [3.8, 4) is 11.5 Å².